The summed E-state index contributed by atoms with van der Waals surface area (Å²) in [5, 5.41) is 2.88. The summed E-state index contributed by atoms with van der Waals surface area (Å²) < 4.78 is 0. The summed E-state index contributed by atoms with van der Waals surface area (Å²) in [6.45, 7) is 0. The Kier molecular flexibility index (Phi) is 3.25. The summed E-state index contributed by atoms with van der Waals surface area (Å²) in [5.41, 5.74) is 0.837. The van der Waals surface area contributed by atoms with Crippen molar-refractivity contribution in [2.45, 2.75) is 7.43 Å². The molecule has 1 aromatic heterocycles. The molecule has 0 radical (unpaired) electrons. The van der Waals surface area contributed by atoms with Crippen molar-refractivity contribution in [3.63, 3.8) is 0 Å². The largest absolute Gasteiger partial charge is 0.387 e. The van der Waals surface area contributed by atoms with Gasteiger partial charge in [0.1, 0.15) is 0 Å². The molecule has 3 heteroatoms. The smallest absolute Gasteiger partial charge is 0.248 e. The predicted molar refractivity (Wildman–Crippen MR) is 43.3 cm³/mol. The van der Waals surface area contributed by atoms with Gasteiger partial charge in [-0.3, -0.25) is 4.79 Å². The van der Waals surface area contributed by atoms with Crippen LogP contribution in [0.4, 0.5) is 5.69 Å². The highest BCUT2D eigenvalue weighted by molar-refractivity contribution is 5.38. The van der Waals surface area contributed by atoms with E-state index >= 15 is 0 Å². The normalized spacial score (nSPS) is 8.10. The fourth-order valence-electron chi connectivity index (χ4n) is 0.566. The van der Waals surface area contributed by atoms with Gasteiger partial charge in [0.05, 0.1) is 5.69 Å². The zero-order valence-electron chi connectivity index (χ0n) is 5.14. The number of pyridine rings is 1. The van der Waals surface area contributed by atoms with Crippen LogP contribution in [0.2, 0.25) is 0 Å². The second-order valence-corrected chi connectivity index (χ2v) is 1.69. The van der Waals surface area contributed by atoms with Gasteiger partial charge in [0, 0.05) is 19.3 Å². The molecule has 1 rings (SSSR count). The molecular formula is C7H12N2O. The van der Waals surface area contributed by atoms with E-state index in [9.17, 15) is 4.79 Å². The minimum atomic E-state index is -0.0750. The van der Waals surface area contributed by atoms with Crippen molar-refractivity contribution in [1.29, 1.82) is 0 Å². The molecule has 0 fully saturated rings. The first-order chi connectivity index (χ1) is 4.33. The predicted octanol–water partition coefficient (Wildman–Crippen LogP) is 1.05. The van der Waals surface area contributed by atoms with Crippen LogP contribution in [-0.2, 0) is 0 Å². The molecule has 0 saturated heterocycles. The standard InChI is InChI=1S/C6H8N2O.CH4/c1-7-5-2-3-6(9)8-4-5;/h2-4,7H,1H3,(H,8,9);1H4. The van der Waals surface area contributed by atoms with Crippen LogP contribution in [0.5, 0.6) is 0 Å². The van der Waals surface area contributed by atoms with E-state index in [2.05, 4.69) is 10.3 Å². The van der Waals surface area contributed by atoms with Gasteiger partial charge in [-0.1, -0.05) is 7.43 Å². The van der Waals surface area contributed by atoms with Crippen LogP contribution >= 0.6 is 0 Å². The van der Waals surface area contributed by atoms with Gasteiger partial charge in [-0.25, -0.2) is 0 Å². The number of anilines is 1. The molecule has 3 nitrogen and oxygen atoms in total. The van der Waals surface area contributed by atoms with Crippen LogP contribution in [-0.4, -0.2) is 12.0 Å². The zero-order valence-corrected chi connectivity index (χ0v) is 5.14. The van der Waals surface area contributed by atoms with Crippen molar-refractivity contribution in [1.82, 2.24) is 4.98 Å². The fraction of sp³-hybridized carbons (Fsp3) is 0.286. The Balaban J connectivity index is 0.000000810. The third-order valence-electron chi connectivity index (χ3n) is 1.07. The first-order valence-corrected chi connectivity index (χ1v) is 2.69. The second kappa shape index (κ2) is 3.71. The lowest BCUT2D eigenvalue weighted by Crippen LogP contribution is -2.02. The van der Waals surface area contributed by atoms with Gasteiger partial charge in [-0.05, 0) is 6.07 Å². The minimum Gasteiger partial charge on any atom is -0.387 e. The average Bonchev–Trinajstić information content (AvgIpc) is 1.90. The summed E-state index contributed by atoms with van der Waals surface area (Å²) in [5.74, 6) is 0. The number of aromatic amines is 1. The van der Waals surface area contributed by atoms with Crippen molar-refractivity contribution in [2.24, 2.45) is 0 Å². The Morgan fingerprint density at radius 2 is 2.20 bits per heavy atom. The average molecular weight is 140 g/mol. The molecule has 0 aromatic carbocycles. The summed E-state index contributed by atoms with van der Waals surface area (Å²) in [7, 11) is 1.80. The fourth-order valence-corrected chi connectivity index (χ4v) is 0.566. The van der Waals surface area contributed by atoms with Gasteiger partial charge in [-0.15, -0.1) is 0 Å². The Morgan fingerprint density at radius 3 is 2.60 bits per heavy atom. The molecule has 0 amide bonds. The summed E-state index contributed by atoms with van der Waals surface area (Å²) in [6.07, 6.45) is 1.63. The molecule has 0 atom stereocenters. The summed E-state index contributed by atoms with van der Waals surface area (Å²) >= 11 is 0. The highest BCUT2D eigenvalue weighted by atomic mass is 16.1. The quantitative estimate of drug-likeness (QED) is 0.612. The lowest BCUT2D eigenvalue weighted by Gasteiger charge is -1.94. The van der Waals surface area contributed by atoms with Crippen LogP contribution in [0, 0.1) is 0 Å². The lowest BCUT2D eigenvalue weighted by atomic mass is 10.4. The zero-order chi connectivity index (χ0) is 6.69. The molecule has 0 unspecified atom stereocenters. The van der Waals surface area contributed by atoms with Gasteiger partial charge in [0.25, 0.3) is 0 Å². The Morgan fingerprint density at radius 1 is 1.50 bits per heavy atom. The second-order valence-electron chi connectivity index (χ2n) is 1.69. The van der Waals surface area contributed by atoms with E-state index in [0.29, 0.717) is 0 Å². The highest BCUT2D eigenvalue weighted by Crippen LogP contribution is 1.96. The van der Waals surface area contributed by atoms with Crippen molar-refractivity contribution >= 4 is 5.69 Å². The minimum absolute atomic E-state index is 0. The maximum atomic E-state index is 10.5. The molecule has 10 heavy (non-hydrogen) atoms. The first kappa shape index (κ1) is 8.75. The highest BCUT2D eigenvalue weighted by Gasteiger charge is 1.83. The van der Waals surface area contributed by atoms with Crippen LogP contribution in [0.25, 0.3) is 0 Å². The van der Waals surface area contributed by atoms with Crippen molar-refractivity contribution in [3.8, 4) is 0 Å². The third kappa shape index (κ3) is 1.93. The molecule has 0 bridgehead atoms. The topological polar surface area (TPSA) is 44.9 Å². The SMILES string of the molecule is C.CNc1ccc(=O)[nH]c1. The van der Waals surface area contributed by atoms with Gasteiger partial charge >= 0.3 is 0 Å². The van der Waals surface area contributed by atoms with Crippen LogP contribution < -0.4 is 10.9 Å². The van der Waals surface area contributed by atoms with Crippen LogP contribution in [0.3, 0.4) is 0 Å². The van der Waals surface area contributed by atoms with E-state index in [1.165, 1.54) is 6.07 Å². The molecule has 1 heterocycles. The maximum absolute atomic E-state index is 10.5. The number of hydrogen-bond donors (Lipinski definition) is 2. The summed E-state index contributed by atoms with van der Waals surface area (Å²) in [4.78, 5) is 13.0. The molecule has 0 spiro atoms. The van der Waals surface area contributed by atoms with Crippen LogP contribution in [0.1, 0.15) is 7.43 Å². The molecule has 2 N–H and O–H groups in total. The molecule has 56 valence electrons. The Hall–Kier alpha value is -1.25. The lowest BCUT2D eigenvalue weighted by molar-refractivity contribution is 1.23. The number of H-pyrrole nitrogens is 1. The monoisotopic (exact) mass is 140 g/mol. The molecule has 0 aliphatic rings. The number of aromatic nitrogens is 1. The number of hydrogen-bond acceptors (Lipinski definition) is 2. The maximum Gasteiger partial charge on any atom is 0.248 e. The number of rotatable bonds is 1. The van der Waals surface area contributed by atoms with E-state index in [1.54, 1.807) is 19.3 Å². The van der Waals surface area contributed by atoms with Gasteiger partial charge < -0.3 is 10.3 Å². The molecule has 0 saturated carbocycles. The van der Waals surface area contributed by atoms with E-state index in [4.69, 9.17) is 0 Å². The van der Waals surface area contributed by atoms with E-state index in [-0.39, 0.29) is 13.0 Å². The molecular weight excluding hydrogens is 128 g/mol. The Labute approximate surface area is 60.1 Å². The van der Waals surface area contributed by atoms with E-state index in [0.717, 1.165) is 5.69 Å². The van der Waals surface area contributed by atoms with Crippen molar-refractivity contribution < 1.29 is 0 Å². The van der Waals surface area contributed by atoms with E-state index in [1.807, 2.05) is 0 Å². The Bertz CT molecular complexity index is 221. The number of nitrogens with one attached hydrogen (secondary N) is 2. The third-order valence-corrected chi connectivity index (χ3v) is 1.07. The molecule has 1 aromatic rings. The van der Waals surface area contributed by atoms with Gasteiger partial charge in [0.2, 0.25) is 5.56 Å². The van der Waals surface area contributed by atoms with Crippen molar-refractivity contribution in [3.05, 3.63) is 28.7 Å². The first-order valence-electron chi connectivity index (χ1n) is 2.69. The van der Waals surface area contributed by atoms with Gasteiger partial charge in [0.15, 0.2) is 0 Å². The molecule has 0 aliphatic heterocycles. The summed E-state index contributed by atoms with van der Waals surface area (Å²) in [6, 6.07) is 3.20. The van der Waals surface area contributed by atoms with Crippen molar-refractivity contribution in [2.75, 3.05) is 12.4 Å². The van der Waals surface area contributed by atoms with Crippen LogP contribution in [0.15, 0.2) is 23.1 Å². The van der Waals surface area contributed by atoms with E-state index < -0.39 is 0 Å². The molecule has 0 aliphatic carbocycles. The van der Waals surface area contributed by atoms with Gasteiger partial charge in [-0.2, -0.15) is 0 Å².